The minimum Gasteiger partial charge on any atom is -0.488 e. The average molecular weight is 242 g/mol. The summed E-state index contributed by atoms with van der Waals surface area (Å²) in [5.74, 6) is 0.950. The van der Waals surface area contributed by atoms with Gasteiger partial charge in [0.25, 0.3) is 0 Å². The number of halogens is 1. The molecule has 1 N–H and O–H groups in total. The van der Waals surface area contributed by atoms with Crippen LogP contribution in [0, 0.1) is 0 Å². The van der Waals surface area contributed by atoms with Gasteiger partial charge in [-0.1, -0.05) is 12.1 Å². The van der Waals surface area contributed by atoms with Crippen LogP contribution in [0.3, 0.4) is 0 Å². The van der Waals surface area contributed by atoms with E-state index in [-0.39, 0.29) is 18.0 Å². The molecule has 1 aliphatic heterocycles. The summed E-state index contributed by atoms with van der Waals surface area (Å²) in [6.45, 7) is 7.34. The van der Waals surface area contributed by atoms with Crippen LogP contribution in [0.2, 0.25) is 0 Å². The molecule has 0 spiro atoms. The molecular formula is C13H20ClNO. The van der Waals surface area contributed by atoms with Gasteiger partial charge in [0.15, 0.2) is 0 Å². The third kappa shape index (κ3) is 3.39. The summed E-state index contributed by atoms with van der Waals surface area (Å²) >= 11 is 0. The number of nitrogens with one attached hydrogen (secondary N) is 1. The largest absolute Gasteiger partial charge is 0.488 e. The summed E-state index contributed by atoms with van der Waals surface area (Å²) in [4.78, 5) is 0. The standard InChI is InChI=1S/C13H19NO.ClH/c1-13(2,3)15-11-6-4-10(5-7-11)12-8-9-14-12;/h4-7,12,14H,8-9H2,1-3H3;1H/t12-;/m0./s1. The molecule has 1 saturated heterocycles. The van der Waals surface area contributed by atoms with Crippen LogP contribution >= 0.6 is 12.4 Å². The minimum atomic E-state index is -0.115. The normalized spacial score (nSPS) is 19.6. The third-order valence-electron chi connectivity index (χ3n) is 2.53. The van der Waals surface area contributed by atoms with E-state index >= 15 is 0 Å². The van der Waals surface area contributed by atoms with Gasteiger partial charge in [0.1, 0.15) is 11.4 Å². The van der Waals surface area contributed by atoms with E-state index in [2.05, 4.69) is 50.4 Å². The van der Waals surface area contributed by atoms with Crippen molar-refractivity contribution in [3.63, 3.8) is 0 Å². The fraction of sp³-hybridized carbons (Fsp3) is 0.538. The van der Waals surface area contributed by atoms with Crippen molar-refractivity contribution >= 4 is 12.4 Å². The zero-order valence-electron chi connectivity index (χ0n) is 10.1. The first-order valence-corrected chi connectivity index (χ1v) is 5.57. The molecule has 2 nitrogen and oxygen atoms in total. The summed E-state index contributed by atoms with van der Waals surface area (Å²) in [5.41, 5.74) is 1.25. The van der Waals surface area contributed by atoms with Gasteiger partial charge in [-0.25, -0.2) is 0 Å². The Balaban J connectivity index is 0.00000128. The van der Waals surface area contributed by atoms with Crippen LogP contribution in [0.1, 0.15) is 38.8 Å². The van der Waals surface area contributed by atoms with Crippen molar-refractivity contribution in [2.45, 2.75) is 38.8 Å². The molecular weight excluding hydrogens is 222 g/mol. The highest BCUT2D eigenvalue weighted by Gasteiger charge is 2.18. The third-order valence-corrected chi connectivity index (χ3v) is 2.53. The first-order valence-electron chi connectivity index (χ1n) is 5.57. The summed E-state index contributed by atoms with van der Waals surface area (Å²) in [7, 11) is 0. The lowest BCUT2D eigenvalue weighted by molar-refractivity contribution is 0.131. The van der Waals surface area contributed by atoms with E-state index in [4.69, 9.17) is 4.74 Å². The Hall–Kier alpha value is -0.730. The zero-order chi connectivity index (χ0) is 10.9. The maximum absolute atomic E-state index is 5.77. The smallest absolute Gasteiger partial charge is 0.120 e. The molecule has 0 aliphatic carbocycles. The predicted octanol–water partition coefficient (Wildman–Crippen LogP) is 3.32. The van der Waals surface area contributed by atoms with Gasteiger partial charge in [0.05, 0.1) is 0 Å². The van der Waals surface area contributed by atoms with E-state index in [1.165, 1.54) is 12.0 Å². The molecule has 0 aromatic heterocycles. The SMILES string of the molecule is CC(C)(C)Oc1ccc([C@@H]2CCN2)cc1.Cl. The Morgan fingerprint density at radius 3 is 2.12 bits per heavy atom. The molecule has 2 rings (SSSR count). The number of benzene rings is 1. The van der Waals surface area contributed by atoms with Crippen molar-refractivity contribution in [1.29, 1.82) is 0 Å². The highest BCUT2D eigenvalue weighted by Crippen LogP contribution is 2.25. The Morgan fingerprint density at radius 2 is 1.75 bits per heavy atom. The van der Waals surface area contributed by atoms with Crippen molar-refractivity contribution in [3.8, 4) is 5.75 Å². The van der Waals surface area contributed by atoms with Gasteiger partial charge in [-0.3, -0.25) is 0 Å². The molecule has 0 radical (unpaired) electrons. The molecule has 90 valence electrons. The van der Waals surface area contributed by atoms with Crippen LogP contribution in [-0.2, 0) is 0 Å². The zero-order valence-corrected chi connectivity index (χ0v) is 10.9. The molecule has 0 amide bonds. The van der Waals surface area contributed by atoms with E-state index in [1.807, 2.05) is 0 Å². The first kappa shape index (κ1) is 13.3. The van der Waals surface area contributed by atoms with Gasteiger partial charge < -0.3 is 10.1 Å². The monoisotopic (exact) mass is 241 g/mol. The van der Waals surface area contributed by atoms with E-state index in [9.17, 15) is 0 Å². The summed E-state index contributed by atoms with van der Waals surface area (Å²) in [5, 5.41) is 3.39. The molecule has 1 aliphatic rings. The van der Waals surface area contributed by atoms with Crippen LogP contribution in [0.25, 0.3) is 0 Å². The second-order valence-electron chi connectivity index (χ2n) is 5.08. The van der Waals surface area contributed by atoms with E-state index in [0.717, 1.165) is 12.3 Å². The topological polar surface area (TPSA) is 21.3 Å². The lowest BCUT2D eigenvalue weighted by Crippen LogP contribution is -2.34. The van der Waals surface area contributed by atoms with Crippen LogP contribution in [-0.4, -0.2) is 12.1 Å². The predicted molar refractivity (Wildman–Crippen MR) is 69.4 cm³/mol. The summed E-state index contributed by atoms with van der Waals surface area (Å²) in [6, 6.07) is 8.98. The maximum atomic E-state index is 5.77. The van der Waals surface area contributed by atoms with Crippen LogP contribution in [0.5, 0.6) is 5.75 Å². The van der Waals surface area contributed by atoms with Crippen molar-refractivity contribution in [2.75, 3.05) is 6.54 Å². The van der Waals surface area contributed by atoms with Gasteiger partial charge in [-0.15, -0.1) is 12.4 Å². The number of hydrogen-bond acceptors (Lipinski definition) is 2. The van der Waals surface area contributed by atoms with Gasteiger partial charge in [-0.05, 0) is 51.4 Å². The molecule has 16 heavy (non-hydrogen) atoms. The molecule has 1 fully saturated rings. The maximum Gasteiger partial charge on any atom is 0.120 e. The number of ether oxygens (including phenoxy) is 1. The molecule has 3 heteroatoms. The Kier molecular flexibility index (Phi) is 4.22. The molecule has 0 unspecified atom stereocenters. The minimum absolute atomic E-state index is 0. The Labute approximate surface area is 104 Å². The molecule has 0 bridgehead atoms. The van der Waals surface area contributed by atoms with E-state index < -0.39 is 0 Å². The highest BCUT2D eigenvalue weighted by molar-refractivity contribution is 5.85. The van der Waals surface area contributed by atoms with Crippen LogP contribution in [0.15, 0.2) is 24.3 Å². The van der Waals surface area contributed by atoms with Gasteiger partial charge in [0.2, 0.25) is 0 Å². The quantitative estimate of drug-likeness (QED) is 0.858. The lowest BCUT2D eigenvalue weighted by Gasteiger charge is -2.28. The number of hydrogen-bond donors (Lipinski definition) is 1. The second-order valence-corrected chi connectivity index (χ2v) is 5.08. The van der Waals surface area contributed by atoms with Crippen molar-refractivity contribution in [3.05, 3.63) is 29.8 Å². The molecule has 1 aromatic carbocycles. The second kappa shape index (κ2) is 5.07. The average Bonchev–Trinajstić information content (AvgIpc) is 2.02. The fourth-order valence-corrected chi connectivity index (χ4v) is 1.69. The number of rotatable bonds is 2. The fourth-order valence-electron chi connectivity index (χ4n) is 1.69. The first-order chi connectivity index (χ1) is 7.04. The molecule has 1 atom stereocenters. The van der Waals surface area contributed by atoms with Gasteiger partial charge in [0, 0.05) is 6.04 Å². The van der Waals surface area contributed by atoms with E-state index in [0.29, 0.717) is 6.04 Å². The van der Waals surface area contributed by atoms with Crippen LogP contribution < -0.4 is 10.1 Å². The molecule has 1 aromatic rings. The summed E-state index contributed by atoms with van der Waals surface area (Å²) in [6.07, 6.45) is 1.25. The van der Waals surface area contributed by atoms with Crippen LogP contribution in [0.4, 0.5) is 0 Å². The van der Waals surface area contributed by atoms with Crippen molar-refractivity contribution in [1.82, 2.24) is 5.32 Å². The highest BCUT2D eigenvalue weighted by atomic mass is 35.5. The lowest BCUT2D eigenvalue weighted by atomic mass is 9.98. The molecule has 1 heterocycles. The van der Waals surface area contributed by atoms with Gasteiger partial charge >= 0.3 is 0 Å². The molecule has 0 saturated carbocycles. The van der Waals surface area contributed by atoms with E-state index in [1.54, 1.807) is 0 Å². The van der Waals surface area contributed by atoms with Crippen molar-refractivity contribution < 1.29 is 4.74 Å². The van der Waals surface area contributed by atoms with Crippen molar-refractivity contribution in [2.24, 2.45) is 0 Å². The Morgan fingerprint density at radius 1 is 1.19 bits per heavy atom. The Bertz CT molecular complexity index is 325. The summed E-state index contributed by atoms with van der Waals surface area (Å²) < 4.78 is 5.77. The van der Waals surface area contributed by atoms with Gasteiger partial charge in [-0.2, -0.15) is 0 Å².